The van der Waals surface area contributed by atoms with Crippen LogP contribution >= 0.6 is 0 Å². The molecule has 6 atom stereocenters. The van der Waals surface area contributed by atoms with E-state index in [0.717, 1.165) is 95.6 Å². The molecular weight excluding hydrogens is 572 g/mol. The van der Waals surface area contributed by atoms with Gasteiger partial charge in [-0.1, -0.05) is 37.1 Å². The molecule has 246 valence electrons. The number of hydrogen-bond donors (Lipinski definition) is 0. The smallest absolute Gasteiger partial charge is 0.229 e. The summed E-state index contributed by atoms with van der Waals surface area (Å²) >= 11 is 0. The van der Waals surface area contributed by atoms with Gasteiger partial charge in [-0.25, -0.2) is 0 Å². The first-order valence-corrected chi connectivity index (χ1v) is 18.3. The topological polar surface area (TPSA) is 72.9 Å². The lowest BCUT2D eigenvalue weighted by Crippen LogP contribution is -2.51. The molecule has 2 saturated carbocycles. The van der Waals surface area contributed by atoms with Crippen molar-refractivity contribution in [3.8, 4) is 0 Å². The highest BCUT2D eigenvalue weighted by Gasteiger charge is 2.59. The number of hydrogen-bond acceptors (Lipinski definition) is 8. The first-order valence-electron chi connectivity index (χ1n) is 18.3. The highest BCUT2D eigenvalue weighted by atomic mass is 16.1. The number of carbonyl (C=O) groups excluding carboxylic acids is 2. The summed E-state index contributed by atoms with van der Waals surface area (Å²) in [5.74, 6) is 5.14. The fraction of sp³-hybridized carbons (Fsp3) is 0.684. The summed E-state index contributed by atoms with van der Waals surface area (Å²) < 4.78 is 0. The lowest BCUT2D eigenvalue weighted by molar-refractivity contribution is -0.129. The zero-order valence-electron chi connectivity index (χ0n) is 28.2. The standard InChI is InChI=1S/C38H52N6O2/c1-26-22-31-29-9-8-27-23-28(45)10-12-37(27,2)30(29)11-13-38(31,3)35(26)32(46)25-41-18-20-43(21-19-41)34-24-33(42-14-4-5-15-42)39-36(40-34)44-16-6-7-17-44/h10-12,23-24,26,29,31,35H,4-9,13-22,25H2,1-3H3/t26?,29-,31+,35-,37+,38+/m1/s1. The van der Waals surface area contributed by atoms with Gasteiger partial charge in [0.2, 0.25) is 5.95 Å². The van der Waals surface area contributed by atoms with Crippen LogP contribution in [0.4, 0.5) is 17.6 Å². The molecule has 4 aliphatic carbocycles. The lowest BCUT2D eigenvalue weighted by Gasteiger charge is -2.52. The number of anilines is 3. The fourth-order valence-electron chi connectivity index (χ4n) is 10.8. The van der Waals surface area contributed by atoms with Crippen LogP contribution in [0, 0.1) is 34.5 Å². The Morgan fingerprint density at radius 1 is 0.913 bits per heavy atom. The van der Waals surface area contributed by atoms with Gasteiger partial charge in [-0.2, -0.15) is 9.97 Å². The normalized spacial score (nSPS) is 36.0. The average Bonchev–Trinajstić information content (AvgIpc) is 3.83. The summed E-state index contributed by atoms with van der Waals surface area (Å²) in [7, 11) is 0. The zero-order chi connectivity index (χ0) is 31.6. The summed E-state index contributed by atoms with van der Waals surface area (Å²) in [6.07, 6.45) is 17.4. The van der Waals surface area contributed by atoms with Crippen LogP contribution in [-0.2, 0) is 9.59 Å². The Labute approximate surface area is 275 Å². The van der Waals surface area contributed by atoms with Crippen molar-refractivity contribution in [1.82, 2.24) is 14.9 Å². The number of ketones is 2. The molecule has 0 bridgehead atoms. The van der Waals surface area contributed by atoms with Crippen LogP contribution in [0.1, 0.15) is 72.1 Å². The van der Waals surface area contributed by atoms with Crippen LogP contribution in [-0.4, -0.2) is 85.3 Å². The van der Waals surface area contributed by atoms with Crippen LogP contribution in [0.3, 0.4) is 0 Å². The molecule has 46 heavy (non-hydrogen) atoms. The minimum atomic E-state index is -0.128. The predicted molar refractivity (Wildman–Crippen MR) is 183 cm³/mol. The quantitative estimate of drug-likeness (QED) is 0.387. The van der Waals surface area contributed by atoms with Crippen molar-refractivity contribution >= 4 is 29.2 Å². The van der Waals surface area contributed by atoms with E-state index in [1.54, 1.807) is 6.08 Å². The van der Waals surface area contributed by atoms with Gasteiger partial charge in [-0.05, 0) is 93.6 Å². The summed E-state index contributed by atoms with van der Waals surface area (Å²) in [6.45, 7) is 15.4. The average molecular weight is 625 g/mol. The highest BCUT2D eigenvalue weighted by molar-refractivity contribution is 6.01. The summed E-state index contributed by atoms with van der Waals surface area (Å²) in [6, 6.07) is 2.21. The van der Waals surface area contributed by atoms with E-state index in [1.165, 1.54) is 36.8 Å². The Balaban J connectivity index is 0.947. The molecule has 8 heteroatoms. The molecule has 7 aliphatic rings. The van der Waals surface area contributed by atoms with E-state index >= 15 is 0 Å². The van der Waals surface area contributed by atoms with Crippen molar-refractivity contribution in [1.29, 1.82) is 0 Å². The molecule has 1 aromatic rings. The molecule has 5 fully saturated rings. The van der Waals surface area contributed by atoms with Crippen LogP contribution in [0.5, 0.6) is 0 Å². The first-order chi connectivity index (χ1) is 22.2. The number of allylic oxidation sites excluding steroid dienone is 6. The molecule has 8 nitrogen and oxygen atoms in total. The Morgan fingerprint density at radius 2 is 1.57 bits per heavy atom. The van der Waals surface area contributed by atoms with Crippen molar-refractivity contribution in [2.75, 3.05) is 73.6 Å². The van der Waals surface area contributed by atoms with Crippen LogP contribution < -0.4 is 14.7 Å². The zero-order valence-corrected chi connectivity index (χ0v) is 28.2. The molecule has 3 aliphatic heterocycles. The third kappa shape index (κ3) is 5.05. The second-order valence-electron chi connectivity index (χ2n) is 15.9. The molecule has 8 rings (SSSR count). The predicted octanol–water partition coefficient (Wildman–Crippen LogP) is 5.46. The van der Waals surface area contributed by atoms with E-state index in [4.69, 9.17) is 9.97 Å². The Kier molecular flexibility index (Phi) is 7.65. The van der Waals surface area contributed by atoms with Gasteiger partial charge in [0.05, 0.1) is 6.54 Å². The van der Waals surface area contributed by atoms with Gasteiger partial charge < -0.3 is 14.7 Å². The third-order valence-electron chi connectivity index (χ3n) is 13.2. The highest BCUT2D eigenvalue weighted by Crippen LogP contribution is 2.65. The largest absolute Gasteiger partial charge is 0.356 e. The van der Waals surface area contributed by atoms with E-state index < -0.39 is 0 Å². The van der Waals surface area contributed by atoms with Gasteiger partial charge in [0.1, 0.15) is 11.6 Å². The molecule has 1 unspecified atom stereocenters. The number of rotatable bonds is 6. The van der Waals surface area contributed by atoms with Gasteiger partial charge in [-0.15, -0.1) is 0 Å². The Bertz CT molecular complexity index is 1450. The van der Waals surface area contributed by atoms with Crippen molar-refractivity contribution in [2.45, 2.75) is 72.1 Å². The third-order valence-corrected chi connectivity index (χ3v) is 13.2. The molecule has 4 heterocycles. The molecular formula is C38H52N6O2. The maximum absolute atomic E-state index is 14.2. The molecule has 0 aromatic carbocycles. The van der Waals surface area contributed by atoms with E-state index in [2.05, 4.69) is 58.6 Å². The van der Waals surface area contributed by atoms with E-state index in [-0.39, 0.29) is 22.5 Å². The number of nitrogens with zero attached hydrogens (tertiary/aromatic N) is 6. The molecule has 0 N–H and O–H groups in total. The molecule has 0 spiro atoms. The number of aromatic nitrogens is 2. The van der Waals surface area contributed by atoms with Gasteiger partial charge in [0.15, 0.2) is 11.6 Å². The van der Waals surface area contributed by atoms with E-state index in [9.17, 15) is 9.59 Å². The van der Waals surface area contributed by atoms with Crippen molar-refractivity contribution in [3.63, 3.8) is 0 Å². The number of piperazine rings is 1. The monoisotopic (exact) mass is 624 g/mol. The number of fused-ring (bicyclic) bond motifs is 5. The van der Waals surface area contributed by atoms with E-state index in [1.807, 2.05) is 6.08 Å². The van der Waals surface area contributed by atoms with Crippen LogP contribution in [0.25, 0.3) is 0 Å². The van der Waals surface area contributed by atoms with Crippen LogP contribution in [0.15, 0.2) is 41.5 Å². The second-order valence-corrected chi connectivity index (χ2v) is 15.9. The lowest BCUT2D eigenvalue weighted by atomic mass is 9.52. The van der Waals surface area contributed by atoms with Gasteiger partial charge in [0, 0.05) is 69.8 Å². The van der Waals surface area contributed by atoms with Crippen molar-refractivity contribution in [2.24, 2.45) is 34.5 Å². The maximum Gasteiger partial charge on any atom is 0.229 e. The SMILES string of the molecule is CC1C[C@H]2[C@@H]3CCC4=CC(=O)C=C[C@]4(C)C3=CC[C@]2(C)[C@H]1C(=O)CN1CCN(c2cc(N3CCCC3)nc(N3CCCC3)n2)CC1. The van der Waals surface area contributed by atoms with E-state index in [0.29, 0.717) is 30.1 Å². The molecule has 0 radical (unpaired) electrons. The maximum atomic E-state index is 14.2. The summed E-state index contributed by atoms with van der Waals surface area (Å²) in [4.78, 5) is 46.1. The van der Waals surface area contributed by atoms with Gasteiger partial charge in [-0.3, -0.25) is 14.5 Å². The number of Topliss-reactive ketones (excluding diaryl/α,β-unsaturated/α-hetero) is 1. The second kappa shape index (κ2) is 11.6. The van der Waals surface area contributed by atoms with Gasteiger partial charge in [0.25, 0.3) is 0 Å². The summed E-state index contributed by atoms with van der Waals surface area (Å²) in [5, 5.41) is 0. The van der Waals surface area contributed by atoms with Gasteiger partial charge >= 0.3 is 0 Å². The fourth-order valence-corrected chi connectivity index (χ4v) is 10.8. The van der Waals surface area contributed by atoms with Crippen molar-refractivity contribution < 1.29 is 9.59 Å². The minimum Gasteiger partial charge on any atom is -0.356 e. The Hall–Kier alpha value is -3.00. The number of carbonyl (C=O) groups is 2. The molecule has 1 aromatic heterocycles. The minimum absolute atomic E-state index is 0.0111. The molecule has 0 amide bonds. The molecule has 3 saturated heterocycles. The van der Waals surface area contributed by atoms with Crippen LogP contribution in [0.2, 0.25) is 0 Å². The Morgan fingerprint density at radius 3 is 2.26 bits per heavy atom. The first kappa shape index (κ1) is 30.3. The van der Waals surface area contributed by atoms with Crippen molar-refractivity contribution in [3.05, 3.63) is 41.5 Å². The summed E-state index contributed by atoms with van der Waals surface area (Å²) in [5.41, 5.74) is 2.68.